The summed E-state index contributed by atoms with van der Waals surface area (Å²) in [5.41, 5.74) is 5.14. The van der Waals surface area contributed by atoms with E-state index in [1.165, 1.54) is 22.3 Å². The van der Waals surface area contributed by atoms with Crippen molar-refractivity contribution in [1.29, 1.82) is 0 Å². The van der Waals surface area contributed by atoms with E-state index in [0.717, 1.165) is 0 Å². The van der Waals surface area contributed by atoms with Gasteiger partial charge in [0.05, 0.1) is 0 Å². The molecular weight excluding hydrogens is 307 g/mol. The second-order valence-corrected chi connectivity index (χ2v) is 4.47. The van der Waals surface area contributed by atoms with Crippen molar-refractivity contribution in [3.05, 3.63) is 63.7 Å². The summed E-state index contributed by atoms with van der Waals surface area (Å²) in [4.78, 5) is 0. The number of hydrogen-bond acceptors (Lipinski definition) is 0. The third-order valence-electron chi connectivity index (χ3n) is 2.53. The van der Waals surface area contributed by atoms with Crippen LogP contribution in [0.3, 0.4) is 0 Å². The lowest BCUT2D eigenvalue weighted by Crippen LogP contribution is -1.83. The van der Waals surface area contributed by atoms with Crippen LogP contribution in [-0.4, -0.2) is 0 Å². The molecule has 0 fully saturated rings. The van der Waals surface area contributed by atoms with Gasteiger partial charge in [0, 0.05) is 0 Å². The molecule has 0 N–H and O–H groups in total. The van der Waals surface area contributed by atoms with Crippen LogP contribution >= 0.6 is 22.6 Å². The molecule has 0 saturated carbocycles. The van der Waals surface area contributed by atoms with E-state index in [-0.39, 0.29) is 0 Å². The first kappa shape index (κ1) is 11.4. The van der Waals surface area contributed by atoms with E-state index in [9.17, 15) is 0 Å². The van der Waals surface area contributed by atoms with Gasteiger partial charge in [-0.2, -0.15) is 0 Å². The molecule has 16 heavy (non-hydrogen) atoms. The van der Waals surface area contributed by atoms with Gasteiger partial charge >= 0.3 is 0 Å². The molecule has 0 aromatic heterocycles. The highest BCUT2D eigenvalue weighted by Crippen LogP contribution is 2.25. The molecule has 2 rings (SSSR count). The van der Waals surface area contributed by atoms with E-state index in [1.54, 1.807) is 0 Å². The van der Waals surface area contributed by atoms with Gasteiger partial charge in [0.1, 0.15) is 0 Å². The minimum atomic E-state index is 1.27. The van der Waals surface area contributed by atoms with Gasteiger partial charge in [-0.15, -0.1) is 0 Å². The first-order valence-corrected chi connectivity index (χ1v) is 6.48. The monoisotopic (exact) mass is 320 g/mol. The van der Waals surface area contributed by atoms with Gasteiger partial charge in [-0.1, -0.05) is 76.7 Å². The highest BCUT2D eigenvalue weighted by molar-refractivity contribution is 14.1. The fraction of sp³-hybridized carbons (Fsp3) is 0.0667. The Morgan fingerprint density at radius 2 is 1.81 bits per heavy atom. The molecule has 0 aliphatic heterocycles. The molecule has 0 atom stereocenters. The maximum absolute atomic E-state index is 2.25. The molecule has 0 heterocycles. The zero-order chi connectivity index (χ0) is 11.4. The summed E-state index contributed by atoms with van der Waals surface area (Å²) in [6.45, 7) is 2.13. The van der Waals surface area contributed by atoms with Crippen LogP contribution in [0.5, 0.6) is 0 Å². The molecule has 0 aliphatic rings. The smallest absolute Gasteiger partial charge is 0.0111 e. The van der Waals surface area contributed by atoms with Crippen molar-refractivity contribution in [2.75, 3.05) is 0 Å². The SMILES string of the molecule is Cc1cccc(-c2ccccc2C=CI)c1. The summed E-state index contributed by atoms with van der Waals surface area (Å²) in [6, 6.07) is 17.1. The van der Waals surface area contributed by atoms with Crippen LogP contribution < -0.4 is 0 Å². The lowest BCUT2D eigenvalue weighted by atomic mass is 9.98. The first-order chi connectivity index (χ1) is 7.81. The molecule has 0 radical (unpaired) electrons. The van der Waals surface area contributed by atoms with Crippen LogP contribution in [0.4, 0.5) is 0 Å². The quantitative estimate of drug-likeness (QED) is 0.678. The molecule has 2 aromatic carbocycles. The molecule has 0 aliphatic carbocycles. The zero-order valence-corrected chi connectivity index (χ0v) is 11.3. The molecule has 1 heteroatoms. The van der Waals surface area contributed by atoms with Crippen LogP contribution in [0, 0.1) is 6.92 Å². The minimum Gasteiger partial charge on any atom is -0.0616 e. The van der Waals surface area contributed by atoms with Gasteiger partial charge in [-0.25, -0.2) is 0 Å². The van der Waals surface area contributed by atoms with E-state index >= 15 is 0 Å². The normalized spacial score (nSPS) is 10.9. The Bertz CT molecular complexity index is 512. The Morgan fingerprint density at radius 1 is 1.00 bits per heavy atom. The number of aryl methyl sites for hydroxylation is 1. The minimum absolute atomic E-state index is 1.27. The molecule has 0 saturated heterocycles. The standard InChI is InChI=1S/C15H13I/c1-12-5-4-7-14(11-12)15-8-3-2-6-13(15)9-10-16/h2-11H,1H3. The van der Waals surface area contributed by atoms with Crippen LogP contribution in [0.2, 0.25) is 0 Å². The Balaban J connectivity index is 2.55. The van der Waals surface area contributed by atoms with Crippen LogP contribution in [0.15, 0.2) is 52.6 Å². The average Bonchev–Trinajstić information content (AvgIpc) is 2.30. The van der Waals surface area contributed by atoms with Crippen LogP contribution in [0.25, 0.3) is 17.2 Å². The summed E-state index contributed by atoms with van der Waals surface area (Å²) >= 11 is 2.25. The number of hydrogen-bond donors (Lipinski definition) is 0. The molecule has 0 spiro atoms. The van der Waals surface area contributed by atoms with Crippen molar-refractivity contribution >= 4 is 28.7 Å². The van der Waals surface area contributed by atoms with Gasteiger partial charge in [-0.05, 0) is 33.8 Å². The fourth-order valence-electron chi connectivity index (χ4n) is 1.79. The van der Waals surface area contributed by atoms with Crippen LogP contribution in [-0.2, 0) is 0 Å². The third-order valence-corrected chi connectivity index (χ3v) is 2.89. The van der Waals surface area contributed by atoms with Crippen LogP contribution in [0.1, 0.15) is 11.1 Å². The lowest BCUT2D eigenvalue weighted by Gasteiger charge is -2.06. The topological polar surface area (TPSA) is 0 Å². The molecule has 80 valence electrons. The van der Waals surface area contributed by atoms with Gasteiger partial charge in [-0.3, -0.25) is 0 Å². The average molecular weight is 320 g/mol. The Hall–Kier alpha value is -1.09. The van der Waals surface area contributed by atoms with E-state index in [2.05, 4.69) is 84.1 Å². The van der Waals surface area contributed by atoms with Gasteiger partial charge in [0.15, 0.2) is 0 Å². The predicted molar refractivity (Wildman–Crippen MR) is 79.7 cm³/mol. The van der Waals surface area contributed by atoms with Crippen molar-refractivity contribution < 1.29 is 0 Å². The molecule has 0 bridgehead atoms. The van der Waals surface area contributed by atoms with Crippen molar-refractivity contribution in [2.24, 2.45) is 0 Å². The largest absolute Gasteiger partial charge is 0.0616 e. The van der Waals surface area contributed by atoms with Crippen molar-refractivity contribution in [1.82, 2.24) is 0 Å². The third kappa shape index (κ3) is 2.53. The Labute approximate surface area is 110 Å². The molecule has 0 nitrogen and oxygen atoms in total. The summed E-state index contributed by atoms with van der Waals surface area (Å²) in [5, 5.41) is 0. The van der Waals surface area contributed by atoms with E-state index in [4.69, 9.17) is 0 Å². The van der Waals surface area contributed by atoms with E-state index in [0.29, 0.717) is 0 Å². The van der Waals surface area contributed by atoms with Crippen molar-refractivity contribution in [2.45, 2.75) is 6.92 Å². The number of halogens is 1. The van der Waals surface area contributed by atoms with Gasteiger partial charge in [0.2, 0.25) is 0 Å². The second kappa shape index (κ2) is 5.30. The van der Waals surface area contributed by atoms with E-state index in [1.807, 2.05) is 4.08 Å². The van der Waals surface area contributed by atoms with Gasteiger partial charge < -0.3 is 0 Å². The summed E-state index contributed by atoms with van der Waals surface area (Å²) in [7, 11) is 0. The zero-order valence-electron chi connectivity index (χ0n) is 9.15. The van der Waals surface area contributed by atoms with Crippen molar-refractivity contribution in [3.63, 3.8) is 0 Å². The Morgan fingerprint density at radius 3 is 2.56 bits per heavy atom. The fourth-order valence-corrected chi connectivity index (χ4v) is 2.17. The first-order valence-electron chi connectivity index (χ1n) is 5.24. The summed E-state index contributed by atoms with van der Waals surface area (Å²) < 4.78 is 2.05. The van der Waals surface area contributed by atoms with Crippen molar-refractivity contribution in [3.8, 4) is 11.1 Å². The highest BCUT2D eigenvalue weighted by Gasteiger charge is 2.01. The number of rotatable bonds is 2. The number of benzene rings is 2. The lowest BCUT2D eigenvalue weighted by molar-refractivity contribution is 1.46. The Kier molecular flexibility index (Phi) is 3.78. The molecule has 0 amide bonds. The summed E-state index contributed by atoms with van der Waals surface area (Å²) in [6.07, 6.45) is 2.14. The molecular formula is C15H13I. The summed E-state index contributed by atoms with van der Waals surface area (Å²) in [5.74, 6) is 0. The highest BCUT2D eigenvalue weighted by atomic mass is 127. The maximum atomic E-state index is 2.25. The van der Waals surface area contributed by atoms with Gasteiger partial charge in [0.25, 0.3) is 0 Å². The second-order valence-electron chi connectivity index (χ2n) is 3.75. The van der Waals surface area contributed by atoms with E-state index < -0.39 is 0 Å². The molecule has 0 unspecified atom stereocenters. The maximum Gasteiger partial charge on any atom is -0.0111 e. The molecule has 2 aromatic rings. The predicted octanol–water partition coefficient (Wildman–Crippen LogP) is 5.07.